The summed E-state index contributed by atoms with van der Waals surface area (Å²) >= 11 is 11.8. The number of carboxylic acids is 1. The fourth-order valence-corrected chi connectivity index (χ4v) is 3.01. The Morgan fingerprint density at radius 2 is 2.05 bits per heavy atom. The van der Waals surface area contributed by atoms with Crippen LogP contribution in [-0.4, -0.2) is 34.5 Å². The van der Waals surface area contributed by atoms with Gasteiger partial charge in [0.15, 0.2) is 0 Å². The maximum absolute atomic E-state index is 12.4. The van der Waals surface area contributed by atoms with Gasteiger partial charge in [0.25, 0.3) is 0 Å². The summed E-state index contributed by atoms with van der Waals surface area (Å²) in [5.41, 5.74) is 0.807. The maximum atomic E-state index is 12.4. The number of rotatable bonds is 3. The number of piperidine rings is 1. The zero-order chi connectivity index (χ0) is 15.6. The molecule has 2 atom stereocenters. The third-order valence-corrected chi connectivity index (χ3v) is 4.62. The van der Waals surface area contributed by atoms with Crippen molar-refractivity contribution in [3.8, 4) is 0 Å². The molecule has 6 heteroatoms. The fourth-order valence-electron chi connectivity index (χ4n) is 2.69. The second-order valence-electron chi connectivity index (χ2n) is 5.42. The largest absolute Gasteiger partial charge is 0.481 e. The van der Waals surface area contributed by atoms with E-state index in [2.05, 4.69) is 0 Å². The average molecular weight is 330 g/mol. The maximum Gasteiger partial charge on any atom is 0.306 e. The first kappa shape index (κ1) is 16.1. The molecule has 4 nitrogen and oxygen atoms in total. The third kappa shape index (κ3) is 3.89. The van der Waals surface area contributed by atoms with E-state index in [0.717, 1.165) is 5.56 Å². The Balaban J connectivity index is 2.00. The Labute approximate surface area is 133 Å². The van der Waals surface area contributed by atoms with E-state index in [1.165, 1.54) is 0 Å². The Hall–Kier alpha value is -1.26. The minimum atomic E-state index is -0.779. The second-order valence-corrected chi connectivity index (χ2v) is 6.24. The SMILES string of the molecule is CC1CC(C(=O)O)CCN1C(=O)Cc1ccc(Cl)c(Cl)c1. The molecule has 0 aromatic heterocycles. The van der Waals surface area contributed by atoms with Crippen LogP contribution < -0.4 is 0 Å². The van der Waals surface area contributed by atoms with Crippen molar-refractivity contribution in [3.63, 3.8) is 0 Å². The summed E-state index contributed by atoms with van der Waals surface area (Å²) in [7, 11) is 0. The molecule has 1 aliphatic heterocycles. The minimum absolute atomic E-state index is 0.00951. The van der Waals surface area contributed by atoms with E-state index >= 15 is 0 Å². The number of amides is 1. The van der Waals surface area contributed by atoms with Crippen LogP contribution in [0.1, 0.15) is 25.3 Å². The summed E-state index contributed by atoms with van der Waals surface area (Å²) in [4.78, 5) is 25.1. The van der Waals surface area contributed by atoms with E-state index in [-0.39, 0.29) is 24.3 Å². The molecule has 2 rings (SSSR count). The lowest BCUT2D eigenvalue weighted by Crippen LogP contribution is -2.46. The van der Waals surface area contributed by atoms with Gasteiger partial charge in [0, 0.05) is 12.6 Å². The van der Waals surface area contributed by atoms with Crippen LogP contribution in [0, 0.1) is 5.92 Å². The summed E-state index contributed by atoms with van der Waals surface area (Å²) in [6.45, 7) is 2.38. The second kappa shape index (κ2) is 6.67. The predicted molar refractivity (Wildman–Crippen MR) is 81.7 cm³/mol. The third-order valence-electron chi connectivity index (χ3n) is 3.89. The van der Waals surface area contributed by atoms with Crippen molar-refractivity contribution in [2.45, 2.75) is 32.2 Å². The topological polar surface area (TPSA) is 57.6 Å². The van der Waals surface area contributed by atoms with Crippen LogP contribution in [0.15, 0.2) is 18.2 Å². The van der Waals surface area contributed by atoms with Gasteiger partial charge in [-0.2, -0.15) is 0 Å². The molecule has 0 bridgehead atoms. The van der Waals surface area contributed by atoms with Crippen LogP contribution in [-0.2, 0) is 16.0 Å². The van der Waals surface area contributed by atoms with E-state index in [4.69, 9.17) is 28.3 Å². The molecule has 1 aliphatic rings. The molecular formula is C15H17Cl2NO3. The first-order chi connectivity index (χ1) is 9.88. The molecule has 1 saturated heterocycles. The Bertz CT molecular complexity index is 562. The van der Waals surface area contributed by atoms with Crippen LogP contribution in [0.5, 0.6) is 0 Å². The Kier molecular flexibility index (Phi) is 5.12. The summed E-state index contributed by atoms with van der Waals surface area (Å²) in [6.07, 6.45) is 1.26. The molecule has 1 aromatic carbocycles. The van der Waals surface area contributed by atoms with Crippen molar-refractivity contribution in [1.29, 1.82) is 0 Å². The van der Waals surface area contributed by atoms with E-state index in [0.29, 0.717) is 29.4 Å². The standard InChI is InChI=1S/C15H17Cl2NO3/c1-9-6-11(15(20)21)4-5-18(9)14(19)8-10-2-3-12(16)13(17)7-10/h2-3,7,9,11H,4-6,8H2,1H3,(H,20,21). The zero-order valence-electron chi connectivity index (χ0n) is 11.7. The van der Waals surface area contributed by atoms with Gasteiger partial charge in [-0.25, -0.2) is 0 Å². The Morgan fingerprint density at radius 3 is 2.62 bits per heavy atom. The number of halogens is 2. The van der Waals surface area contributed by atoms with Crippen molar-refractivity contribution in [1.82, 2.24) is 4.90 Å². The van der Waals surface area contributed by atoms with E-state index < -0.39 is 5.97 Å². The molecule has 21 heavy (non-hydrogen) atoms. The molecule has 0 spiro atoms. The summed E-state index contributed by atoms with van der Waals surface area (Å²) in [6, 6.07) is 5.08. The molecule has 0 saturated carbocycles. The number of benzene rings is 1. The van der Waals surface area contributed by atoms with Crippen molar-refractivity contribution >= 4 is 35.1 Å². The van der Waals surface area contributed by atoms with Crippen LogP contribution >= 0.6 is 23.2 Å². The summed E-state index contributed by atoms with van der Waals surface area (Å²) in [5, 5.41) is 9.93. The first-order valence-corrected chi connectivity index (χ1v) is 7.60. The number of carbonyl (C=O) groups excluding carboxylic acids is 1. The van der Waals surface area contributed by atoms with Gasteiger partial charge in [0.05, 0.1) is 22.4 Å². The number of hydrogen-bond acceptors (Lipinski definition) is 2. The summed E-state index contributed by atoms with van der Waals surface area (Å²) < 4.78 is 0. The van der Waals surface area contributed by atoms with Crippen molar-refractivity contribution in [3.05, 3.63) is 33.8 Å². The van der Waals surface area contributed by atoms with Crippen LogP contribution in [0.3, 0.4) is 0 Å². The highest BCUT2D eigenvalue weighted by molar-refractivity contribution is 6.42. The number of aliphatic carboxylic acids is 1. The highest BCUT2D eigenvalue weighted by Gasteiger charge is 2.32. The lowest BCUT2D eigenvalue weighted by Gasteiger charge is -2.36. The molecule has 1 aromatic rings. The van der Waals surface area contributed by atoms with Gasteiger partial charge in [-0.3, -0.25) is 9.59 Å². The molecule has 2 unspecified atom stereocenters. The van der Waals surface area contributed by atoms with Gasteiger partial charge >= 0.3 is 5.97 Å². The lowest BCUT2D eigenvalue weighted by molar-refractivity contribution is -0.147. The normalized spacial score (nSPS) is 22.1. The van der Waals surface area contributed by atoms with Crippen molar-refractivity contribution < 1.29 is 14.7 Å². The smallest absolute Gasteiger partial charge is 0.306 e. The highest BCUT2D eigenvalue weighted by Crippen LogP contribution is 2.25. The van der Waals surface area contributed by atoms with Gasteiger partial charge in [-0.1, -0.05) is 29.3 Å². The molecule has 0 aliphatic carbocycles. The molecule has 0 radical (unpaired) electrons. The van der Waals surface area contributed by atoms with E-state index in [1.807, 2.05) is 6.92 Å². The van der Waals surface area contributed by atoms with Gasteiger partial charge in [-0.05, 0) is 37.5 Å². The quantitative estimate of drug-likeness (QED) is 0.926. The number of hydrogen-bond donors (Lipinski definition) is 1. The van der Waals surface area contributed by atoms with Crippen LogP contribution in [0.25, 0.3) is 0 Å². The summed E-state index contributed by atoms with van der Waals surface area (Å²) in [5.74, 6) is -1.14. The first-order valence-electron chi connectivity index (χ1n) is 6.84. The van der Waals surface area contributed by atoms with Gasteiger partial charge in [-0.15, -0.1) is 0 Å². The van der Waals surface area contributed by atoms with Crippen molar-refractivity contribution in [2.24, 2.45) is 5.92 Å². The Morgan fingerprint density at radius 1 is 1.33 bits per heavy atom. The van der Waals surface area contributed by atoms with Crippen LogP contribution in [0.4, 0.5) is 0 Å². The van der Waals surface area contributed by atoms with Gasteiger partial charge < -0.3 is 10.0 Å². The molecule has 1 heterocycles. The monoisotopic (exact) mass is 329 g/mol. The van der Waals surface area contributed by atoms with E-state index in [9.17, 15) is 9.59 Å². The highest BCUT2D eigenvalue weighted by atomic mass is 35.5. The number of carbonyl (C=O) groups is 2. The predicted octanol–water partition coefficient (Wildman–Crippen LogP) is 3.25. The molecule has 1 fully saturated rings. The van der Waals surface area contributed by atoms with Gasteiger partial charge in [0.1, 0.15) is 0 Å². The fraction of sp³-hybridized carbons (Fsp3) is 0.467. The number of nitrogens with zero attached hydrogens (tertiary/aromatic N) is 1. The minimum Gasteiger partial charge on any atom is -0.481 e. The van der Waals surface area contributed by atoms with Gasteiger partial charge in [0.2, 0.25) is 5.91 Å². The zero-order valence-corrected chi connectivity index (χ0v) is 13.2. The lowest BCUT2D eigenvalue weighted by atomic mass is 9.91. The molecule has 114 valence electrons. The average Bonchev–Trinajstić information content (AvgIpc) is 2.42. The molecule has 1 amide bonds. The van der Waals surface area contributed by atoms with Crippen molar-refractivity contribution in [2.75, 3.05) is 6.54 Å². The number of likely N-dealkylation sites (tertiary alicyclic amines) is 1. The number of carboxylic acid groups (broad SMARTS) is 1. The van der Waals surface area contributed by atoms with E-state index in [1.54, 1.807) is 23.1 Å². The molecular weight excluding hydrogens is 313 g/mol. The molecule has 1 N–H and O–H groups in total. The van der Waals surface area contributed by atoms with Crippen LogP contribution in [0.2, 0.25) is 10.0 Å².